The van der Waals surface area contributed by atoms with Gasteiger partial charge in [0, 0.05) is 18.1 Å². The van der Waals surface area contributed by atoms with Crippen LogP contribution >= 0.6 is 11.6 Å². The molecule has 0 bridgehead atoms. The zero-order valence-corrected chi connectivity index (χ0v) is 9.37. The van der Waals surface area contributed by atoms with Crippen LogP contribution in [0.3, 0.4) is 0 Å². The van der Waals surface area contributed by atoms with Crippen LogP contribution in [0.15, 0.2) is 43.1 Å². The fourth-order valence-corrected chi connectivity index (χ4v) is 2.10. The molecule has 0 unspecified atom stereocenters. The fourth-order valence-electron chi connectivity index (χ4n) is 1.81. The Morgan fingerprint density at radius 2 is 2.20 bits per heavy atom. The first-order valence-electron chi connectivity index (χ1n) is 5.17. The summed E-state index contributed by atoms with van der Waals surface area (Å²) in [5, 5.41) is 2.04. The lowest BCUT2D eigenvalue weighted by molar-refractivity contribution is 0.671. The van der Waals surface area contributed by atoms with E-state index in [9.17, 15) is 0 Å². The Labute approximate surface area is 95.0 Å². The smallest absolute Gasteiger partial charge is 0.0669 e. The number of benzene rings is 1. The van der Waals surface area contributed by atoms with Gasteiger partial charge in [-0.15, -0.1) is 6.58 Å². The fraction of sp³-hybridized carbons (Fsp3) is 0.231. The van der Waals surface area contributed by atoms with E-state index < -0.39 is 0 Å². The number of nitrogens with zero attached hydrogens (tertiary/aromatic N) is 1. The molecule has 2 aromatic rings. The summed E-state index contributed by atoms with van der Waals surface area (Å²) in [6.07, 6.45) is 6.20. The molecule has 1 heterocycles. The number of unbranched alkanes of at least 4 members (excludes halogenated alkanes) is 1. The maximum atomic E-state index is 6.18. The van der Waals surface area contributed by atoms with E-state index in [1.807, 2.05) is 18.2 Å². The van der Waals surface area contributed by atoms with E-state index in [1.54, 1.807) is 0 Å². The Bertz CT molecular complexity index is 470. The molecule has 0 aliphatic carbocycles. The van der Waals surface area contributed by atoms with Gasteiger partial charge >= 0.3 is 0 Å². The number of halogens is 1. The molecular formula is C13H14ClN. The molecule has 2 heteroatoms. The summed E-state index contributed by atoms with van der Waals surface area (Å²) < 4.78 is 2.21. The number of hydrogen-bond donors (Lipinski definition) is 0. The van der Waals surface area contributed by atoms with Crippen LogP contribution in [0.4, 0.5) is 0 Å². The van der Waals surface area contributed by atoms with Crippen molar-refractivity contribution in [2.45, 2.75) is 19.4 Å². The summed E-state index contributed by atoms with van der Waals surface area (Å²) in [4.78, 5) is 0. The van der Waals surface area contributed by atoms with Crippen molar-refractivity contribution >= 4 is 22.5 Å². The maximum Gasteiger partial charge on any atom is 0.0669 e. The molecule has 0 amide bonds. The van der Waals surface area contributed by atoms with Gasteiger partial charge in [-0.3, -0.25) is 0 Å². The molecule has 78 valence electrons. The van der Waals surface area contributed by atoms with Crippen molar-refractivity contribution in [2.24, 2.45) is 0 Å². The molecular weight excluding hydrogens is 206 g/mol. The predicted molar refractivity (Wildman–Crippen MR) is 66.4 cm³/mol. The molecule has 0 N–H and O–H groups in total. The lowest BCUT2D eigenvalue weighted by atomic mass is 10.2. The van der Waals surface area contributed by atoms with E-state index in [1.165, 1.54) is 5.39 Å². The van der Waals surface area contributed by atoms with Crippen LogP contribution < -0.4 is 0 Å². The first-order valence-corrected chi connectivity index (χ1v) is 5.55. The van der Waals surface area contributed by atoms with Gasteiger partial charge in [-0.25, -0.2) is 0 Å². The number of hydrogen-bond acceptors (Lipinski definition) is 0. The van der Waals surface area contributed by atoms with E-state index in [2.05, 4.69) is 29.5 Å². The van der Waals surface area contributed by atoms with Crippen molar-refractivity contribution in [1.29, 1.82) is 0 Å². The summed E-state index contributed by atoms with van der Waals surface area (Å²) >= 11 is 6.18. The third-order valence-electron chi connectivity index (χ3n) is 2.55. The molecule has 1 nitrogen and oxygen atoms in total. The monoisotopic (exact) mass is 219 g/mol. The second-order valence-electron chi connectivity index (χ2n) is 3.62. The van der Waals surface area contributed by atoms with E-state index in [0.717, 1.165) is 29.9 Å². The highest BCUT2D eigenvalue weighted by Crippen LogP contribution is 2.24. The Kier molecular flexibility index (Phi) is 3.12. The average molecular weight is 220 g/mol. The minimum atomic E-state index is 0.830. The summed E-state index contributed by atoms with van der Waals surface area (Å²) in [6, 6.07) is 8.12. The number of para-hydroxylation sites is 1. The largest absolute Gasteiger partial charge is 0.346 e. The molecule has 0 saturated heterocycles. The van der Waals surface area contributed by atoms with Crippen molar-refractivity contribution in [1.82, 2.24) is 4.57 Å². The minimum Gasteiger partial charge on any atom is -0.346 e. The molecule has 1 aromatic heterocycles. The molecule has 15 heavy (non-hydrogen) atoms. The van der Waals surface area contributed by atoms with Crippen molar-refractivity contribution in [3.8, 4) is 0 Å². The Morgan fingerprint density at radius 1 is 1.33 bits per heavy atom. The number of aryl methyl sites for hydroxylation is 1. The van der Waals surface area contributed by atoms with E-state index in [0.29, 0.717) is 0 Å². The number of rotatable bonds is 4. The van der Waals surface area contributed by atoms with Crippen molar-refractivity contribution in [2.75, 3.05) is 0 Å². The summed E-state index contributed by atoms with van der Waals surface area (Å²) in [7, 11) is 0. The first-order chi connectivity index (χ1) is 7.33. The molecule has 0 aliphatic rings. The quantitative estimate of drug-likeness (QED) is 0.535. The van der Waals surface area contributed by atoms with Crippen LogP contribution in [0.5, 0.6) is 0 Å². The lowest BCUT2D eigenvalue weighted by Crippen LogP contribution is -1.95. The van der Waals surface area contributed by atoms with Gasteiger partial charge in [0.05, 0.1) is 10.5 Å². The van der Waals surface area contributed by atoms with Crippen LogP contribution in [0, 0.1) is 0 Å². The van der Waals surface area contributed by atoms with Crippen molar-refractivity contribution < 1.29 is 0 Å². The van der Waals surface area contributed by atoms with Crippen LogP contribution in [0.25, 0.3) is 10.9 Å². The number of fused-ring (bicyclic) bond motifs is 1. The predicted octanol–water partition coefficient (Wildman–Crippen LogP) is 4.26. The van der Waals surface area contributed by atoms with Gasteiger partial charge in [0.2, 0.25) is 0 Å². The highest BCUT2D eigenvalue weighted by atomic mass is 35.5. The van der Waals surface area contributed by atoms with Crippen LogP contribution in [-0.2, 0) is 6.54 Å². The Morgan fingerprint density at radius 3 is 3.00 bits per heavy atom. The zero-order chi connectivity index (χ0) is 10.7. The SMILES string of the molecule is C=CCCCn1ccc2cccc(Cl)c21. The highest BCUT2D eigenvalue weighted by Gasteiger charge is 2.03. The van der Waals surface area contributed by atoms with Gasteiger partial charge < -0.3 is 4.57 Å². The zero-order valence-electron chi connectivity index (χ0n) is 8.62. The normalized spacial score (nSPS) is 10.7. The van der Waals surface area contributed by atoms with Crippen LogP contribution in [0.2, 0.25) is 5.02 Å². The minimum absolute atomic E-state index is 0.830. The van der Waals surface area contributed by atoms with Gasteiger partial charge in [0.25, 0.3) is 0 Å². The summed E-state index contributed by atoms with van der Waals surface area (Å²) in [6.45, 7) is 4.72. The average Bonchev–Trinajstić information content (AvgIpc) is 2.63. The van der Waals surface area contributed by atoms with Crippen LogP contribution in [0.1, 0.15) is 12.8 Å². The first kappa shape index (κ1) is 10.3. The van der Waals surface area contributed by atoms with Crippen LogP contribution in [-0.4, -0.2) is 4.57 Å². The standard InChI is InChI=1S/C13H14ClN/c1-2-3-4-9-15-10-8-11-6-5-7-12(14)13(11)15/h2,5-8,10H,1,3-4,9H2. The molecule has 1 aromatic carbocycles. The van der Waals surface area contributed by atoms with Gasteiger partial charge in [0.1, 0.15) is 0 Å². The van der Waals surface area contributed by atoms with Gasteiger partial charge in [-0.1, -0.05) is 29.8 Å². The van der Waals surface area contributed by atoms with E-state index >= 15 is 0 Å². The molecule has 0 saturated carbocycles. The molecule has 0 atom stereocenters. The summed E-state index contributed by atoms with van der Waals surface area (Å²) in [5.74, 6) is 0. The second-order valence-corrected chi connectivity index (χ2v) is 4.02. The van der Waals surface area contributed by atoms with E-state index in [4.69, 9.17) is 11.6 Å². The Hall–Kier alpha value is -1.21. The summed E-state index contributed by atoms with van der Waals surface area (Å²) in [5.41, 5.74) is 1.14. The molecule has 0 radical (unpaired) electrons. The van der Waals surface area contributed by atoms with Gasteiger partial charge in [0.15, 0.2) is 0 Å². The topological polar surface area (TPSA) is 4.93 Å². The lowest BCUT2D eigenvalue weighted by Gasteiger charge is -2.05. The van der Waals surface area contributed by atoms with Crippen molar-refractivity contribution in [3.63, 3.8) is 0 Å². The third kappa shape index (κ3) is 2.07. The molecule has 2 rings (SSSR count). The van der Waals surface area contributed by atoms with Gasteiger partial charge in [-0.05, 0) is 25.0 Å². The third-order valence-corrected chi connectivity index (χ3v) is 2.85. The molecule has 0 spiro atoms. The number of aromatic nitrogens is 1. The number of allylic oxidation sites excluding steroid dienone is 1. The van der Waals surface area contributed by atoms with Gasteiger partial charge in [-0.2, -0.15) is 0 Å². The Balaban J connectivity index is 2.31. The van der Waals surface area contributed by atoms with E-state index in [-0.39, 0.29) is 0 Å². The second kappa shape index (κ2) is 4.54. The maximum absolute atomic E-state index is 6.18. The highest BCUT2D eigenvalue weighted by molar-refractivity contribution is 6.35. The molecule has 0 fully saturated rings. The van der Waals surface area contributed by atoms with Crippen molar-refractivity contribution in [3.05, 3.63) is 48.1 Å². The molecule has 0 aliphatic heterocycles.